The Hall–Kier alpha value is -2.31. The van der Waals surface area contributed by atoms with Gasteiger partial charge < -0.3 is 10.0 Å². The average Bonchev–Trinajstić information content (AvgIpc) is 2.57. The highest BCUT2D eigenvalue weighted by molar-refractivity contribution is 6.15. The number of anilines is 1. The summed E-state index contributed by atoms with van der Waals surface area (Å²) in [6, 6.07) is 1.10. The first-order valence-corrected chi connectivity index (χ1v) is 4.94. The molecular weight excluding hydrogens is 248 g/mol. The molecule has 0 radical (unpaired) electrons. The van der Waals surface area contributed by atoms with Gasteiger partial charge in [-0.1, -0.05) is 0 Å². The summed E-state index contributed by atoms with van der Waals surface area (Å²) in [4.78, 5) is 34.0. The van der Waals surface area contributed by atoms with Crippen LogP contribution in [0.5, 0.6) is 0 Å². The van der Waals surface area contributed by atoms with Gasteiger partial charge in [-0.3, -0.25) is 9.59 Å². The minimum atomic E-state index is -1.58. The molecule has 0 saturated carbocycles. The van der Waals surface area contributed by atoms with Crippen molar-refractivity contribution >= 4 is 23.3 Å². The van der Waals surface area contributed by atoms with Crippen LogP contribution in [0.2, 0.25) is 0 Å². The molecule has 0 atom stereocenters. The zero-order valence-electron chi connectivity index (χ0n) is 8.94. The first-order valence-electron chi connectivity index (χ1n) is 4.94. The van der Waals surface area contributed by atoms with Crippen LogP contribution >= 0.6 is 0 Å². The molecule has 1 aliphatic heterocycles. The van der Waals surface area contributed by atoms with Crippen LogP contribution in [0, 0.1) is 11.6 Å². The first kappa shape index (κ1) is 12.2. The normalized spacial score (nSPS) is 15.3. The van der Waals surface area contributed by atoms with Crippen molar-refractivity contribution in [3.63, 3.8) is 0 Å². The largest absolute Gasteiger partial charge is 0.478 e. The fraction of sp³-hybridized carbons (Fsp3) is 0.182. The lowest BCUT2D eigenvalue weighted by Crippen LogP contribution is -2.26. The van der Waals surface area contributed by atoms with Gasteiger partial charge in [0.25, 0.3) is 0 Å². The van der Waals surface area contributed by atoms with Gasteiger partial charge in [0.1, 0.15) is 11.6 Å². The van der Waals surface area contributed by atoms with Crippen molar-refractivity contribution in [1.29, 1.82) is 0 Å². The van der Waals surface area contributed by atoms with Gasteiger partial charge >= 0.3 is 5.97 Å². The topological polar surface area (TPSA) is 74.7 Å². The molecule has 1 amide bonds. The van der Waals surface area contributed by atoms with Crippen LogP contribution in [0.15, 0.2) is 12.1 Å². The Morgan fingerprint density at radius 2 is 1.89 bits per heavy atom. The van der Waals surface area contributed by atoms with E-state index >= 15 is 0 Å². The molecule has 1 fully saturated rings. The van der Waals surface area contributed by atoms with Crippen molar-refractivity contribution in [2.75, 3.05) is 11.4 Å². The number of Topliss-reactive ketones (excluding diaryl/α,β-unsaturated/α-hetero) is 1. The first-order chi connectivity index (χ1) is 8.40. The van der Waals surface area contributed by atoms with Crippen LogP contribution in [0.1, 0.15) is 16.8 Å². The van der Waals surface area contributed by atoms with E-state index < -0.39 is 40.5 Å². The molecule has 1 saturated heterocycles. The Bertz CT molecular complexity index is 570. The van der Waals surface area contributed by atoms with Crippen molar-refractivity contribution < 1.29 is 28.3 Å². The van der Waals surface area contributed by atoms with Crippen molar-refractivity contribution in [3.05, 3.63) is 29.3 Å². The number of hydrogen-bond acceptors (Lipinski definition) is 3. The molecule has 7 heteroatoms. The Morgan fingerprint density at radius 1 is 1.22 bits per heavy atom. The number of nitrogens with zero attached hydrogens (tertiary/aromatic N) is 1. The number of hydrogen-bond donors (Lipinski definition) is 1. The van der Waals surface area contributed by atoms with Crippen LogP contribution in [0.25, 0.3) is 0 Å². The molecule has 2 rings (SSSR count). The number of benzene rings is 1. The molecule has 1 heterocycles. The van der Waals surface area contributed by atoms with E-state index in [9.17, 15) is 23.2 Å². The van der Waals surface area contributed by atoms with Crippen molar-refractivity contribution in [1.82, 2.24) is 0 Å². The van der Waals surface area contributed by atoms with Gasteiger partial charge in [-0.2, -0.15) is 0 Å². The SMILES string of the molecule is O=C1CC(=O)N(c2cc(C(=O)O)c(F)cc2F)C1. The fourth-order valence-electron chi connectivity index (χ4n) is 1.71. The molecule has 94 valence electrons. The molecule has 1 aromatic rings. The van der Waals surface area contributed by atoms with Gasteiger partial charge in [0.05, 0.1) is 24.2 Å². The maximum atomic E-state index is 13.5. The second-order valence-corrected chi connectivity index (χ2v) is 3.78. The van der Waals surface area contributed by atoms with Crippen molar-refractivity contribution in [2.24, 2.45) is 0 Å². The number of rotatable bonds is 2. The molecule has 1 aromatic carbocycles. The number of amides is 1. The lowest BCUT2D eigenvalue weighted by atomic mass is 10.1. The molecule has 0 bridgehead atoms. The Kier molecular flexibility index (Phi) is 2.82. The lowest BCUT2D eigenvalue weighted by molar-refractivity contribution is -0.121. The fourth-order valence-corrected chi connectivity index (χ4v) is 1.71. The van der Waals surface area contributed by atoms with Crippen LogP contribution < -0.4 is 4.90 Å². The van der Waals surface area contributed by atoms with Gasteiger partial charge in [-0.05, 0) is 6.07 Å². The van der Waals surface area contributed by atoms with Crippen LogP contribution in [-0.4, -0.2) is 29.3 Å². The molecular formula is C11H7F2NO4. The van der Waals surface area contributed by atoms with E-state index in [0.717, 1.165) is 4.90 Å². The van der Waals surface area contributed by atoms with E-state index in [-0.39, 0.29) is 13.0 Å². The van der Waals surface area contributed by atoms with Crippen molar-refractivity contribution in [2.45, 2.75) is 6.42 Å². The molecule has 18 heavy (non-hydrogen) atoms. The maximum Gasteiger partial charge on any atom is 0.338 e. The Balaban J connectivity index is 2.51. The monoisotopic (exact) mass is 255 g/mol. The Labute approximate surface area is 99.6 Å². The summed E-state index contributed by atoms with van der Waals surface area (Å²) in [5.41, 5.74) is -1.15. The van der Waals surface area contributed by atoms with Crippen LogP contribution in [-0.2, 0) is 9.59 Å². The maximum absolute atomic E-state index is 13.5. The number of carboxylic acids is 1. The summed E-state index contributed by atoms with van der Waals surface area (Å²) in [5, 5.41) is 8.71. The van der Waals surface area contributed by atoms with Crippen LogP contribution in [0.4, 0.5) is 14.5 Å². The minimum absolute atomic E-state index is 0.333. The number of aromatic carboxylic acids is 1. The van der Waals surface area contributed by atoms with Gasteiger partial charge in [0.2, 0.25) is 5.91 Å². The summed E-state index contributed by atoms with van der Waals surface area (Å²) in [6.45, 7) is -0.333. The molecule has 1 N–H and O–H groups in total. The summed E-state index contributed by atoms with van der Waals surface area (Å²) in [6.07, 6.45) is -0.362. The summed E-state index contributed by atoms with van der Waals surface area (Å²) in [5.74, 6) is -4.93. The predicted molar refractivity (Wildman–Crippen MR) is 55.3 cm³/mol. The smallest absolute Gasteiger partial charge is 0.338 e. The number of halogens is 2. The zero-order valence-corrected chi connectivity index (χ0v) is 8.94. The molecule has 0 aliphatic carbocycles. The third kappa shape index (κ3) is 1.94. The lowest BCUT2D eigenvalue weighted by Gasteiger charge is -2.16. The number of carboxylic acid groups (broad SMARTS) is 1. The van der Waals surface area contributed by atoms with E-state index in [1.165, 1.54) is 0 Å². The standard InChI is InChI=1S/C11H7F2NO4/c12-7-3-8(13)9(2-6(7)11(17)18)14-4-5(15)1-10(14)16/h2-3H,1,4H2,(H,17,18). The van der Waals surface area contributed by atoms with Gasteiger partial charge in [0.15, 0.2) is 5.78 Å². The van der Waals surface area contributed by atoms with Gasteiger partial charge in [-0.25, -0.2) is 13.6 Å². The number of carbonyl (C=O) groups is 3. The van der Waals surface area contributed by atoms with E-state index in [1.54, 1.807) is 0 Å². The van der Waals surface area contributed by atoms with E-state index in [0.29, 0.717) is 12.1 Å². The molecule has 0 spiro atoms. The number of carbonyl (C=O) groups excluding carboxylic acids is 2. The van der Waals surface area contributed by atoms with E-state index in [2.05, 4.69) is 0 Å². The predicted octanol–water partition coefficient (Wildman–Crippen LogP) is 0.969. The molecule has 1 aliphatic rings. The highest BCUT2D eigenvalue weighted by Crippen LogP contribution is 2.26. The van der Waals surface area contributed by atoms with E-state index in [1.807, 2.05) is 0 Å². The van der Waals surface area contributed by atoms with Gasteiger partial charge in [-0.15, -0.1) is 0 Å². The summed E-state index contributed by atoms with van der Waals surface area (Å²) in [7, 11) is 0. The number of ketones is 1. The molecule has 0 unspecified atom stereocenters. The highest BCUT2D eigenvalue weighted by Gasteiger charge is 2.31. The minimum Gasteiger partial charge on any atom is -0.478 e. The second kappa shape index (κ2) is 4.17. The van der Waals surface area contributed by atoms with E-state index in [4.69, 9.17) is 5.11 Å². The summed E-state index contributed by atoms with van der Waals surface area (Å²) < 4.78 is 26.7. The zero-order chi connectivity index (χ0) is 13.4. The quantitative estimate of drug-likeness (QED) is 0.799. The average molecular weight is 255 g/mol. The third-order valence-electron chi connectivity index (χ3n) is 2.54. The second-order valence-electron chi connectivity index (χ2n) is 3.78. The van der Waals surface area contributed by atoms with Crippen molar-refractivity contribution in [3.8, 4) is 0 Å². The summed E-state index contributed by atoms with van der Waals surface area (Å²) >= 11 is 0. The third-order valence-corrected chi connectivity index (χ3v) is 2.54. The highest BCUT2D eigenvalue weighted by atomic mass is 19.1. The molecule has 0 aromatic heterocycles. The van der Waals surface area contributed by atoms with Crippen LogP contribution in [0.3, 0.4) is 0 Å². The molecule has 5 nitrogen and oxygen atoms in total. The van der Waals surface area contributed by atoms with Gasteiger partial charge in [0, 0.05) is 6.07 Å². The Morgan fingerprint density at radius 3 is 2.39 bits per heavy atom.